The summed E-state index contributed by atoms with van der Waals surface area (Å²) in [7, 11) is -0.521. The maximum Gasteiger partial charge on any atom is 0.274 e. The molecule has 10 heteroatoms. The van der Waals surface area contributed by atoms with E-state index in [9.17, 15) is 8.42 Å². The van der Waals surface area contributed by atoms with Gasteiger partial charge in [-0.15, -0.1) is 0 Å². The van der Waals surface area contributed by atoms with Crippen LogP contribution >= 0.6 is 0 Å². The van der Waals surface area contributed by atoms with Crippen LogP contribution < -0.4 is 24.2 Å². The van der Waals surface area contributed by atoms with Crippen molar-refractivity contribution in [3.8, 4) is 11.5 Å². The molecule has 1 fully saturated rings. The van der Waals surface area contributed by atoms with Gasteiger partial charge in [0.1, 0.15) is 12.1 Å². The van der Waals surface area contributed by atoms with E-state index in [1.165, 1.54) is 6.33 Å². The second kappa shape index (κ2) is 7.10. The van der Waals surface area contributed by atoms with Crippen molar-refractivity contribution in [1.29, 1.82) is 0 Å². The van der Waals surface area contributed by atoms with Gasteiger partial charge in [-0.2, -0.15) is 13.1 Å². The van der Waals surface area contributed by atoms with Crippen LogP contribution in [0.4, 0.5) is 5.82 Å². The Labute approximate surface area is 159 Å². The average molecular weight is 395 g/mol. The summed E-state index contributed by atoms with van der Waals surface area (Å²) in [5.74, 6) is 2.06. The number of nitrogens with one attached hydrogen (secondary N) is 1. The fourth-order valence-corrected chi connectivity index (χ4v) is 4.48. The number of fused-ring (bicyclic) bond motifs is 1. The maximum absolute atomic E-state index is 11.2. The number of methoxy groups -OCH3 is 2. The highest BCUT2D eigenvalue weighted by atomic mass is 32.2. The van der Waals surface area contributed by atoms with Crippen molar-refractivity contribution < 1.29 is 17.9 Å². The number of aromatic nitrogens is 2. The zero-order valence-corrected chi connectivity index (χ0v) is 16.7. The topological polar surface area (TPSA) is 120 Å². The molecule has 0 aliphatic carbocycles. The number of nitrogens with zero attached hydrogens (tertiary/aromatic N) is 3. The Kier molecular flexibility index (Phi) is 5.15. The molecule has 1 aliphatic rings. The number of anilines is 1. The molecule has 1 aromatic heterocycles. The fraction of sp³-hybridized carbons (Fsp3) is 0.529. The summed E-state index contributed by atoms with van der Waals surface area (Å²) in [6.07, 6.45) is 2.21. The van der Waals surface area contributed by atoms with E-state index in [0.717, 1.165) is 29.8 Å². The molecule has 27 heavy (non-hydrogen) atoms. The van der Waals surface area contributed by atoms with Crippen molar-refractivity contribution in [3.05, 3.63) is 18.5 Å². The van der Waals surface area contributed by atoms with Crippen molar-refractivity contribution in [1.82, 2.24) is 14.7 Å². The SMILES string of the molecule is COc1cc2ncnc(N3CC(C)(CC(C)NS(N)(=O)=O)C3)c2cc1OC. The van der Waals surface area contributed by atoms with E-state index in [1.54, 1.807) is 14.2 Å². The molecule has 0 spiro atoms. The second-order valence-corrected chi connectivity index (χ2v) is 8.68. The first-order chi connectivity index (χ1) is 12.6. The average Bonchev–Trinajstić information content (AvgIpc) is 2.55. The van der Waals surface area contributed by atoms with Crippen molar-refractivity contribution >= 4 is 26.9 Å². The molecule has 1 saturated heterocycles. The number of ether oxygens (including phenoxy) is 2. The highest BCUT2D eigenvalue weighted by molar-refractivity contribution is 7.87. The van der Waals surface area contributed by atoms with Gasteiger partial charge in [-0.25, -0.2) is 15.1 Å². The lowest BCUT2D eigenvalue weighted by molar-refractivity contribution is 0.205. The van der Waals surface area contributed by atoms with Gasteiger partial charge in [0.2, 0.25) is 0 Å². The standard InChI is InChI=1S/C17H25N5O4S/c1-11(21-27(18,23)24)7-17(2)8-22(9-17)16-12-5-14(25-3)15(26-4)6-13(12)19-10-20-16/h5-6,10-11,21H,7-9H2,1-4H3,(H2,18,23,24). The summed E-state index contributed by atoms with van der Waals surface area (Å²) in [4.78, 5) is 10.9. The molecular weight excluding hydrogens is 370 g/mol. The van der Waals surface area contributed by atoms with Gasteiger partial charge >= 0.3 is 0 Å². The van der Waals surface area contributed by atoms with Gasteiger partial charge in [0.05, 0.1) is 19.7 Å². The minimum Gasteiger partial charge on any atom is -0.493 e. The Bertz CT molecular complexity index is 944. The number of benzene rings is 1. The molecule has 0 saturated carbocycles. The third-order valence-electron chi connectivity index (χ3n) is 4.73. The van der Waals surface area contributed by atoms with E-state index in [1.807, 2.05) is 19.1 Å². The number of hydrogen-bond donors (Lipinski definition) is 2. The molecule has 1 atom stereocenters. The van der Waals surface area contributed by atoms with Crippen LogP contribution in [0.5, 0.6) is 11.5 Å². The Balaban J connectivity index is 1.80. The molecule has 0 radical (unpaired) electrons. The summed E-state index contributed by atoms with van der Waals surface area (Å²) >= 11 is 0. The first-order valence-corrected chi connectivity index (χ1v) is 10.1. The lowest BCUT2D eigenvalue weighted by atomic mass is 9.77. The summed E-state index contributed by atoms with van der Waals surface area (Å²) in [6, 6.07) is 3.47. The van der Waals surface area contributed by atoms with Gasteiger partial charge in [-0.3, -0.25) is 0 Å². The highest BCUT2D eigenvalue weighted by Gasteiger charge is 2.41. The van der Waals surface area contributed by atoms with E-state index >= 15 is 0 Å². The Morgan fingerprint density at radius 3 is 2.48 bits per heavy atom. The van der Waals surface area contributed by atoms with Gasteiger partial charge in [0, 0.05) is 36.0 Å². The van der Waals surface area contributed by atoms with Crippen LogP contribution in [0, 0.1) is 5.41 Å². The smallest absolute Gasteiger partial charge is 0.274 e. The Morgan fingerprint density at radius 1 is 1.26 bits per heavy atom. The van der Waals surface area contributed by atoms with Crippen LogP contribution in [-0.2, 0) is 10.2 Å². The quantitative estimate of drug-likeness (QED) is 0.719. The number of nitrogens with two attached hydrogens (primary N) is 1. The van der Waals surface area contributed by atoms with E-state index < -0.39 is 10.2 Å². The molecule has 1 unspecified atom stereocenters. The van der Waals surface area contributed by atoms with E-state index in [-0.39, 0.29) is 11.5 Å². The lowest BCUT2D eigenvalue weighted by Crippen LogP contribution is -2.57. The highest BCUT2D eigenvalue weighted by Crippen LogP contribution is 2.41. The van der Waals surface area contributed by atoms with Crippen LogP contribution in [0.1, 0.15) is 20.3 Å². The third-order valence-corrected chi connectivity index (χ3v) is 5.46. The van der Waals surface area contributed by atoms with Gasteiger partial charge < -0.3 is 14.4 Å². The normalized spacial score (nSPS) is 17.4. The lowest BCUT2D eigenvalue weighted by Gasteiger charge is -2.50. The summed E-state index contributed by atoms with van der Waals surface area (Å²) in [6.45, 7) is 5.45. The fourth-order valence-electron chi connectivity index (χ4n) is 3.84. The second-order valence-electron chi connectivity index (χ2n) is 7.36. The molecular formula is C17H25N5O4S. The first kappa shape index (κ1) is 19.6. The molecule has 2 aromatic rings. The third kappa shape index (κ3) is 4.23. The van der Waals surface area contributed by atoms with Crippen LogP contribution in [0.25, 0.3) is 10.9 Å². The van der Waals surface area contributed by atoms with E-state index in [0.29, 0.717) is 17.9 Å². The predicted octanol–water partition coefficient (Wildman–Crippen LogP) is 1.05. The van der Waals surface area contributed by atoms with Crippen molar-refractivity contribution in [2.75, 3.05) is 32.2 Å². The number of rotatable bonds is 7. The minimum atomic E-state index is -3.70. The maximum atomic E-state index is 11.2. The van der Waals surface area contributed by atoms with E-state index in [2.05, 4.69) is 26.5 Å². The van der Waals surface area contributed by atoms with Gasteiger partial charge in [0.15, 0.2) is 11.5 Å². The molecule has 1 aliphatic heterocycles. The van der Waals surface area contributed by atoms with E-state index in [4.69, 9.17) is 14.6 Å². The molecule has 148 valence electrons. The van der Waals surface area contributed by atoms with Gasteiger partial charge in [-0.05, 0) is 19.4 Å². The molecule has 3 rings (SSSR count). The van der Waals surface area contributed by atoms with Crippen molar-refractivity contribution in [2.24, 2.45) is 10.6 Å². The molecule has 9 nitrogen and oxygen atoms in total. The largest absolute Gasteiger partial charge is 0.493 e. The van der Waals surface area contributed by atoms with Crippen molar-refractivity contribution in [3.63, 3.8) is 0 Å². The van der Waals surface area contributed by atoms with Crippen LogP contribution in [0.3, 0.4) is 0 Å². The Hall–Kier alpha value is -2.17. The zero-order chi connectivity index (χ0) is 19.8. The summed E-state index contributed by atoms with van der Waals surface area (Å²) in [5, 5.41) is 5.94. The number of hydrogen-bond acceptors (Lipinski definition) is 7. The molecule has 0 bridgehead atoms. The summed E-state index contributed by atoms with van der Waals surface area (Å²) < 4.78 is 35.6. The summed E-state index contributed by atoms with van der Waals surface area (Å²) in [5.41, 5.74) is 0.737. The molecule has 3 N–H and O–H groups in total. The predicted molar refractivity (Wildman–Crippen MR) is 103 cm³/mol. The van der Waals surface area contributed by atoms with Gasteiger partial charge in [-0.1, -0.05) is 6.92 Å². The molecule has 2 heterocycles. The Morgan fingerprint density at radius 2 is 1.89 bits per heavy atom. The van der Waals surface area contributed by atoms with Crippen molar-refractivity contribution in [2.45, 2.75) is 26.3 Å². The minimum absolute atomic E-state index is 0.0368. The van der Waals surface area contributed by atoms with Crippen LogP contribution in [-0.4, -0.2) is 51.7 Å². The van der Waals surface area contributed by atoms with Gasteiger partial charge in [0.25, 0.3) is 10.2 Å². The molecule has 0 amide bonds. The molecule has 1 aromatic carbocycles. The van der Waals surface area contributed by atoms with Crippen LogP contribution in [0.2, 0.25) is 0 Å². The zero-order valence-electron chi connectivity index (χ0n) is 15.9. The van der Waals surface area contributed by atoms with Crippen LogP contribution in [0.15, 0.2) is 18.5 Å². The monoisotopic (exact) mass is 395 g/mol. The first-order valence-electron chi connectivity index (χ1n) is 8.56.